The molecule has 20 heavy (non-hydrogen) atoms. The van der Waals surface area contributed by atoms with Crippen LogP contribution in [0.1, 0.15) is 51.3 Å². The molecule has 0 bridgehead atoms. The van der Waals surface area contributed by atoms with Crippen molar-refractivity contribution in [2.45, 2.75) is 52.2 Å². The van der Waals surface area contributed by atoms with Gasteiger partial charge in [-0.2, -0.15) is 0 Å². The Labute approximate surface area is 125 Å². The number of amides is 1. The zero-order valence-electron chi connectivity index (χ0n) is 12.6. The minimum absolute atomic E-state index is 0.0484. The molecule has 0 aliphatic carbocycles. The van der Waals surface area contributed by atoms with Crippen LogP contribution < -0.4 is 0 Å². The van der Waals surface area contributed by atoms with Gasteiger partial charge in [-0.3, -0.25) is 0 Å². The molecule has 1 aromatic carbocycles. The molecule has 0 saturated heterocycles. The molecule has 0 fully saturated rings. The van der Waals surface area contributed by atoms with Gasteiger partial charge in [0.1, 0.15) is 5.60 Å². The Hall–Kier alpha value is -1.22. The summed E-state index contributed by atoms with van der Waals surface area (Å²) in [5.41, 5.74) is 1.96. The van der Waals surface area contributed by atoms with Crippen molar-refractivity contribution in [1.82, 2.24) is 4.90 Å². The number of nitrogens with zero attached hydrogens (tertiary/aromatic N) is 1. The van der Waals surface area contributed by atoms with Gasteiger partial charge in [-0.15, -0.1) is 0 Å². The molecule has 3 nitrogen and oxygen atoms in total. The van der Waals surface area contributed by atoms with Crippen molar-refractivity contribution >= 4 is 17.7 Å². The van der Waals surface area contributed by atoms with E-state index in [1.54, 1.807) is 0 Å². The second kappa shape index (κ2) is 5.65. The number of fused-ring (bicyclic) bond motifs is 1. The van der Waals surface area contributed by atoms with Crippen molar-refractivity contribution in [2.24, 2.45) is 0 Å². The van der Waals surface area contributed by atoms with Gasteiger partial charge in [0.25, 0.3) is 0 Å². The van der Waals surface area contributed by atoms with E-state index < -0.39 is 5.60 Å². The Morgan fingerprint density at radius 2 is 2.15 bits per heavy atom. The van der Waals surface area contributed by atoms with Gasteiger partial charge in [-0.25, -0.2) is 4.79 Å². The summed E-state index contributed by atoms with van der Waals surface area (Å²) >= 11 is 6.10. The molecular formula is C16H22ClNO2. The molecule has 4 heteroatoms. The van der Waals surface area contributed by atoms with Crippen LogP contribution in [-0.4, -0.2) is 23.1 Å². The monoisotopic (exact) mass is 295 g/mol. The van der Waals surface area contributed by atoms with Crippen molar-refractivity contribution in [3.63, 3.8) is 0 Å². The first kappa shape index (κ1) is 15.2. The fourth-order valence-electron chi connectivity index (χ4n) is 2.65. The number of hydrogen-bond donors (Lipinski definition) is 0. The molecule has 1 aliphatic rings. The van der Waals surface area contributed by atoms with Crippen molar-refractivity contribution in [3.8, 4) is 0 Å². The maximum Gasteiger partial charge on any atom is 0.410 e. The first-order chi connectivity index (χ1) is 9.31. The predicted molar refractivity (Wildman–Crippen MR) is 81.1 cm³/mol. The highest BCUT2D eigenvalue weighted by Crippen LogP contribution is 2.34. The van der Waals surface area contributed by atoms with Gasteiger partial charge in [0.15, 0.2) is 0 Å². The van der Waals surface area contributed by atoms with E-state index in [9.17, 15) is 4.79 Å². The minimum atomic E-state index is -0.468. The maximum atomic E-state index is 12.3. The summed E-state index contributed by atoms with van der Waals surface area (Å²) < 4.78 is 5.51. The molecule has 1 heterocycles. The summed E-state index contributed by atoms with van der Waals surface area (Å²) in [5.74, 6) is 0. The predicted octanol–water partition coefficient (Wildman–Crippen LogP) is 4.58. The number of benzene rings is 1. The Morgan fingerprint density at radius 3 is 2.75 bits per heavy atom. The lowest BCUT2D eigenvalue weighted by Gasteiger charge is -2.37. The van der Waals surface area contributed by atoms with Crippen LogP contribution in [0.3, 0.4) is 0 Å². The summed E-state index contributed by atoms with van der Waals surface area (Å²) in [5, 5.41) is 0.716. The van der Waals surface area contributed by atoms with Crippen LogP contribution in [0.2, 0.25) is 5.02 Å². The SMILES string of the molecule is CC[C@H]1c2cc(Cl)ccc2CCN1C(=O)OC(C)(C)C. The van der Waals surface area contributed by atoms with Gasteiger partial charge in [0.2, 0.25) is 0 Å². The van der Waals surface area contributed by atoms with E-state index in [0.29, 0.717) is 11.6 Å². The van der Waals surface area contributed by atoms with Crippen LogP contribution in [0.15, 0.2) is 18.2 Å². The fourth-order valence-corrected chi connectivity index (χ4v) is 2.83. The number of ether oxygens (including phenoxy) is 1. The van der Waals surface area contributed by atoms with Crippen molar-refractivity contribution in [1.29, 1.82) is 0 Å². The second-order valence-electron chi connectivity index (χ2n) is 6.19. The Morgan fingerprint density at radius 1 is 1.45 bits per heavy atom. The standard InChI is InChI=1S/C16H22ClNO2/c1-5-14-13-10-12(17)7-6-11(13)8-9-18(14)15(19)20-16(2,3)4/h6-7,10,14H,5,8-9H2,1-4H3/t14-/m0/s1. The highest BCUT2D eigenvalue weighted by molar-refractivity contribution is 6.30. The smallest absolute Gasteiger partial charge is 0.410 e. The van der Waals surface area contributed by atoms with E-state index in [1.807, 2.05) is 37.8 Å². The molecule has 0 spiro atoms. The molecule has 0 aromatic heterocycles. The molecule has 1 atom stereocenters. The highest BCUT2D eigenvalue weighted by atomic mass is 35.5. The van der Waals surface area contributed by atoms with E-state index >= 15 is 0 Å². The zero-order chi connectivity index (χ0) is 14.9. The van der Waals surface area contributed by atoms with E-state index in [2.05, 4.69) is 13.0 Å². The third kappa shape index (κ3) is 3.26. The van der Waals surface area contributed by atoms with Crippen LogP contribution >= 0.6 is 11.6 Å². The Bertz CT molecular complexity index is 508. The number of halogens is 1. The van der Waals surface area contributed by atoms with Gasteiger partial charge >= 0.3 is 6.09 Å². The topological polar surface area (TPSA) is 29.5 Å². The molecule has 0 N–H and O–H groups in total. The molecule has 110 valence electrons. The average molecular weight is 296 g/mol. The maximum absolute atomic E-state index is 12.3. The summed E-state index contributed by atoms with van der Waals surface area (Å²) in [6.45, 7) is 8.45. The van der Waals surface area contributed by atoms with Crippen molar-refractivity contribution in [3.05, 3.63) is 34.3 Å². The number of rotatable bonds is 1. The zero-order valence-corrected chi connectivity index (χ0v) is 13.3. The van der Waals surface area contributed by atoms with E-state index in [1.165, 1.54) is 5.56 Å². The van der Waals surface area contributed by atoms with Crippen LogP contribution in [0.4, 0.5) is 4.79 Å². The van der Waals surface area contributed by atoms with Gasteiger partial charge in [0, 0.05) is 11.6 Å². The molecule has 1 aromatic rings. The summed E-state index contributed by atoms with van der Waals surface area (Å²) in [7, 11) is 0. The van der Waals surface area contributed by atoms with Crippen molar-refractivity contribution in [2.75, 3.05) is 6.54 Å². The molecular weight excluding hydrogens is 274 g/mol. The molecule has 2 rings (SSSR count). The summed E-state index contributed by atoms with van der Waals surface area (Å²) in [4.78, 5) is 14.2. The van der Waals surface area contributed by atoms with Gasteiger partial charge in [0.05, 0.1) is 6.04 Å². The first-order valence-electron chi connectivity index (χ1n) is 7.10. The van der Waals surface area contributed by atoms with Crippen LogP contribution in [-0.2, 0) is 11.2 Å². The lowest BCUT2D eigenvalue weighted by molar-refractivity contribution is 0.0137. The second-order valence-corrected chi connectivity index (χ2v) is 6.63. The third-order valence-electron chi connectivity index (χ3n) is 3.48. The molecule has 1 amide bonds. The van der Waals surface area contributed by atoms with Gasteiger partial charge in [-0.1, -0.05) is 24.6 Å². The quantitative estimate of drug-likeness (QED) is 0.758. The van der Waals surface area contributed by atoms with Gasteiger partial charge < -0.3 is 9.64 Å². The third-order valence-corrected chi connectivity index (χ3v) is 3.71. The van der Waals surface area contributed by atoms with E-state index in [-0.39, 0.29) is 12.1 Å². The summed E-state index contributed by atoms with van der Waals surface area (Å²) in [6.07, 6.45) is 1.46. The Balaban J connectivity index is 2.27. The molecule has 0 saturated carbocycles. The number of hydrogen-bond acceptors (Lipinski definition) is 2. The molecule has 0 unspecified atom stereocenters. The fraction of sp³-hybridized carbons (Fsp3) is 0.562. The Kier molecular flexibility index (Phi) is 4.28. The van der Waals surface area contributed by atoms with E-state index in [0.717, 1.165) is 18.4 Å². The number of carbonyl (C=O) groups is 1. The molecule has 1 aliphatic heterocycles. The first-order valence-corrected chi connectivity index (χ1v) is 7.47. The number of carbonyl (C=O) groups excluding carboxylic acids is 1. The van der Waals surface area contributed by atoms with Crippen molar-refractivity contribution < 1.29 is 9.53 Å². The molecule has 0 radical (unpaired) electrons. The highest BCUT2D eigenvalue weighted by Gasteiger charge is 2.32. The lowest BCUT2D eigenvalue weighted by atomic mass is 9.91. The normalized spacial score (nSPS) is 18.6. The van der Waals surface area contributed by atoms with E-state index in [4.69, 9.17) is 16.3 Å². The largest absolute Gasteiger partial charge is 0.444 e. The average Bonchev–Trinajstić information content (AvgIpc) is 2.35. The van der Waals surface area contributed by atoms with Crippen LogP contribution in [0, 0.1) is 0 Å². The van der Waals surface area contributed by atoms with Crippen LogP contribution in [0.5, 0.6) is 0 Å². The summed E-state index contributed by atoms with van der Waals surface area (Å²) in [6, 6.07) is 6.00. The lowest BCUT2D eigenvalue weighted by Crippen LogP contribution is -2.42. The van der Waals surface area contributed by atoms with Crippen LogP contribution in [0.25, 0.3) is 0 Å². The van der Waals surface area contributed by atoms with Gasteiger partial charge in [-0.05, 0) is 56.9 Å². The minimum Gasteiger partial charge on any atom is -0.444 e.